The Bertz CT molecular complexity index is 278. The van der Waals surface area contributed by atoms with E-state index in [1.165, 1.54) is 0 Å². The highest BCUT2D eigenvalue weighted by atomic mass is 127. The third-order valence-electron chi connectivity index (χ3n) is 2.45. The fourth-order valence-electron chi connectivity index (χ4n) is 1.38. The summed E-state index contributed by atoms with van der Waals surface area (Å²) in [6.07, 6.45) is 0. The summed E-state index contributed by atoms with van der Waals surface area (Å²) in [6, 6.07) is 0.385. The molecule has 0 aliphatic carbocycles. The summed E-state index contributed by atoms with van der Waals surface area (Å²) >= 11 is 0. The highest BCUT2D eigenvalue weighted by molar-refractivity contribution is 14.0. The number of hydrogen-bond acceptors (Lipinski definition) is 4. The molecule has 1 amide bonds. The van der Waals surface area contributed by atoms with Gasteiger partial charge in [0.1, 0.15) is 0 Å². The molecule has 0 saturated heterocycles. The Morgan fingerprint density at radius 2 is 2.25 bits per heavy atom. The number of nitrogens with zero attached hydrogens (tertiary/aromatic N) is 1. The van der Waals surface area contributed by atoms with Gasteiger partial charge < -0.3 is 16.0 Å². The van der Waals surface area contributed by atoms with E-state index in [0.717, 1.165) is 12.5 Å². The van der Waals surface area contributed by atoms with Crippen molar-refractivity contribution < 1.29 is 4.79 Å². The zero-order valence-electron chi connectivity index (χ0n) is 10.3. The highest BCUT2D eigenvalue weighted by Crippen LogP contribution is 2.13. The summed E-state index contributed by atoms with van der Waals surface area (Å²) < 4.78 is 0. The lowest BCUT2D eigenvalue weighted by Crippen LogP contribution is -2.47. The van der Waals surface area contributed by atoms with Crippen LogP contribution in [0.3, 0.4) is 0 Å². The first-order valence-corrected chi connectivity index (χ1v) is 5.23. The smallest absolute Gasteiger partial charge is 0.227 e. The van der Waals surface area contributed by atoms with Crippen LogP contribution in [-0.4, -0.2) is 38.0 Å². The van der Waals surface area contributed by atoms with Gasteiger partial charge in [-0.3, -0.25) is 9.79 Å². The van der Waals surface area contributed by atoms with Crippen LogP contribution in [0.25, 0.3) is 0 Å². The van der Waals surface area contributed by atoms with Crippen LogP contribution in [0, 0.1) is 5.41 Å². The summed E-state index contributed by atoms with van der Waals surface area (Å²) in [5, 5.41) is 8.99. The number of carbonyl (C=O) groups is 1. The monoisotopic (exact) mass is 340 g/mol. The lowest BCUT2D eigenvalue weighted by atomic mass is 9.92. The molecule has 1 aliphatic heterocycles. The molecule has 1 aliphatic rings. The zero-order chi connectivity index (χ0) is 11.5. The Morgan fingerprint density at radius 3 is 2.69 bits per heavy atom. The minimum Gasteiger partial charge on any atom is -0.359 e. The van der Waals surface area contributed by atoms with E-state index in [9.17, 15) is 4.79 Å². The van der Waals surface area contributed by atoms with Crippen molar-refractivity contribution in [2.24, 2.45) is 10.4 Å². The van der Waals surface area contributed by atoms with E-state index in [0.29, 0.717) is 12.6 Å². The molecular formula is C10H21IN4O. The maximum absolute atomic E-state index is 11.5. The lowest BCUT2D eigenvalue weighted by molar-refractivity contribution is -0.128. The number of nitrogens with one attached hydrogen (secondary N) is 3. The molecule has 16 heavy (non-hydrogen) atoms. The SMILES string of the molecule is CNC(=O)C(C)(C)CNC1=NCC(C)N1.I. The van der Waals surface area contributed by atoms with E-state index in [4.69, 9.17) is 0 Å². The van der Waals surface area contributed by atoms with Crippen LogP contribution in [0.5, 0.6) is 0 Å². The number of guanidine groups is 1. The van der Waals surface area contributed by atoms with E-state index in [1.807, 2.05) is 13.8 Å². The van der Waals surface area contributed by atoms with Crippen molar-refractivity contribution in [1.29, 1.82) is 0 Å². The van der Waals surface area contributed by atoms with Gasteiger partial charge in [-0.15, -0.1) is 24.0 Å². The Kier molecular flexibility index (Phi) is 6.06. The van der Waals surface area contributed by atoms with Crippen molar-refractivity contribution in [3.05, 3.63) is 0 Å². The van der Waals surface area contributed by atoms with Gasteiger partial charge in [0, 0.05) is 19.6 Å². The van der Waals surface area contributed by atoms with E-state index in [-0.39, 0.29) is 29.9 Å². The molecule has 0 spiro atoms. The van der Waals surface area contributed by atoms with Gasteiger partial charge in [0.15, 0.2) is 5.96 Å². The van der Waals surface area contributed by atoms with Crippen LogP contribution in [0.4, 0.5) is 0 Å². The van der Waals surface area contributed by atoms with Crippen molar-refractivity contribution >= 4 is 35.8 Å². The number of halogens is 1. The largest absolute Gasteiger partial charge is 0.359 e. The zero-order valence-corrected chi connectivity index (χ0v) is 12.6. The molecule has 5 nitrogen and oxygen atoms in total. The van der Waals surface area contributed by atoms with Crippen molar-refractivity contribution in [1.82, 2.24) is 16.0 Å². The molecule has 0 bridgehead atoms. The molecule has 0 fully saturated rings. The summed E-state index contributed by atoms with van der Waals surface area (Å²) in [6.45, 7) is 7.24. The Hall–Kier alpha value is -0.530. The predicted octanol–water partition coefficient (Wildman–Crippen LogP) is 0.314. The van der Waals surface area contributed by atoms with E-state index in [1.54, 1.807) is 7.05 Å². The maximum Gasteiger partial charge on any atom is 0.227 e. The molecule has 0 aromatic rings. The van der Waals surface area contributed by atoms with Crippen molar-refractivity contribution in [3.63, 3.8) is 0 Å². The standard InChI is InChI=1S/C10H20N4O.HI/c1-7-5-12-9(14-7)13-6-10(2,3)8(15)11-4;/h7H,5-6H2,1-4H3,(H,11,15)(H2,12,13,14);1H. The van der Waals surface area contributed by atoms with Crippen LogP contribution in [0.15, 0.2) is 4.99 Å². The molecule has 0 saturated carbocycles. The van der Waals surface area contributed by atoms with Crippen LogP contribution in [0.2, 0.25) is 0 Å². The van der Waals surface area contributed by atoms with Crippen molar-refractivity contribution in [2.75, 3.05) is 20.1 Å². The fourth-order valence-corrected chi connectivity index (χ4v) is 1.38. The Morgan fingerprint density at radius 1 is 1.62 bits per heavy atom. The molecule has 6 heteroatoms. The highest BCUT2D eigenvalue weighted by Gasteiger charge is 2.27. The first kappa shape index (κ1) is 15.5. The van der Waals surface area contributed by atoms with Crippen molar-refractivity contribution in [2.45, 2.75) is 26.8 Å². The minimum atomic E-state index is -0.426. The van der Waals surface area contributed by atoms with Crippen LogP contribution in [0.1, 0.15) is 20.8 Å². The molecule has 94 valence electrons. The Balaban J connectivity index is 0.00000225. The van der Waals surface area contributed by atoms with Crippen LogP contribution >= 0.6 is 24.0 Å². The topological polar surface area (TPSA) is 65.5 Å². The molecule has 1 atom stereocenters. The van der Waals surface area contributed by atoms with E-state index in [2.05, 4.69) is 27.9 Å². The number of rotatable bonds is 3. The van der Waals surface area contributed by atoms with Crippen molar-refractivity contribution in [3.8, 4) is 0 Å². The summed E-state index contributed by atoms with van der Waals surface area (Å²) in [4.78, 5) is 15.8. The van der Waals surface area contributed by atoms with Gasteiger partial charge in [0.05, 0.1) is 12.0 Å². The molecule has 3 N–H and O–H groups in total. The maximum atomic E-state index is 11.5. The molecule has 0 radical (unpaired) electrons. The number of amides is 1. The first-order chi connectivity index (χ1) is 6.95. The number of hydrogen-bond donors (Lipinski definition) is 3. The Labute approximate surface area is 114 Å². The van der Waals surface area contributed by atoms with Crippen LogP contribution in [-0.2, 0) is 4.79 Å². The average Bonchev–Trinajstić information content (AvgIpc) is 2.60. The number of carbonyl (C=O) groups excluding carboxylic acids is 1. The predicted molar refractivity (Wildman–Crippen MR) is 76.2 cm³/mol. The fraction of sp³-hybridized carbons (Fsp3) is 0.800. The molecule has 0 aromatic carbocycles. The quantitative estimate of drug-likeness (QED) is 0.648. The minimum absolute atomic E-state index is 0. The molecule has 1 rings (SSSR count). The molecular weight excluding hydrogens is 319 g/mol. The van der Waals surface area contributed by atoms with Gasteiger partial charge in [-0.2, -0.15) is 0 Å². The summed E-state index contributed by atoms with van der Waals surface area (Å²) in [7, 11) is 1.65. The van der Waals surface area contributed by atoms with Gasteiger partial charge >= 0.3 is 0 Å². The second-order valence-corrected chi connectivity index (χ2v) is 4.55. The second-order valence-electron chi connectivity index (χ2n) is 4.55. The summed E-state index contributed by atoms with van der Waals surface area (Å²) in [5.41, 5.74) is -0.426. The van der Waals surface area contributed by atoms with Gasteiger partial charge in [-0.05, 0) is 20.8 Å². The third-order valence-corrected chi connectivity index (χ3v) is 2.45. The number of aliphatic imine (C=N–C) groups is 1. The molecule has 0 aromatic heterocycles. The van der Waals surface area contributed by atoms with Gasteiger partial charge in [-0.1, -0.05) is 0 Å². The van der Waals surface area contributed by atoms with Gasteiger partial charge in [0.25, 0.3) is 0 Å². The van der Waals surface area contributed by atoms with Gasteiger partial charge in [0.2, 0.25) is 5.91 Å². The van der Waals surface area contributed by atoms with E-state index >= 15 is 0 Å². The second kappa shape index (κ2) is 6.27. The average molecular weight is 340 g/mol. The van der Waals surface area contributed by atoms with Gasteiger partial charge in [-0.25, -0.2) is 0 Å². The lowest BCUT2D eigenvalue weighted by Gasteiger charge is -2.23. The molecule has 1 unspecified atom stereocenters. The summed E-state index contributed by atoms with van der Waals surface area (Å²) in [5.74, 6) is 0.820. The van der Waals surface area contributed by atoms with E-state index < -0.39 is 5.41 Å². The third kappa shape index (κ3) is 4.15. The first-order valence-electron chi connectivity index (χ1n) is 5.23. The van der Waals surface area contributed by atoms with Crippen LogP contribution < -0.4 is 16.0 Å². The molecule has 1 heterocycles. The normalized spacial score (nSPS) is 19.2.